The van der Waals surface area contributed by atoms with Gasteiger partial charge in [-0.3, -0.25) is 4.79 Å². The number of carboxylic acid groups (broad SMARTS) is 1. The number of hydrogen-bond donors (Lipinski definition) is 2. The molecule has 0 heterocycles. The summed E-state index contributed by atoms with van der Waals surface area (Å²) in [6.45, 7) is 6.58. The Kier molecular flexibility index (Phi) is 7.54. The van der Waals surface area contributed by atoms with Crippen LogP contribution in [0.2, 0.25) is 0 Å². The van der Waals surface area contributed by atoms with Crippen molar-refractivity contribution in [1.29, 1.82) is 0 Å². The van der Waals surface area contributed by atoms with Gasteiger partial charge in [0, 0.05) is 19.6 Å². The lowest BCUT2D eigenvalue weighted by Gasteiger charge is -2.28. The van der Waals surface area contributed by atoms with Crippen LogP contribution in [0.15, 0.2) is 0 Å². The number of ether oxygens (including phenoxy) is 1. The summed E-state index contributed by atoms with van der Waals surface area (Å²) < 4.78 is 5.12. The molecule has 0 spiro atoms. The fourth-order valence-corrected chi connectivity index (χ4v) is 1.59. The normalized spacial score (nSPS) is 11.2. The van der Waals surface area contributed by atoms with Gasteiger partial charge in [0.1, 0.15) is 5.54 Å². The molecular formula is C12H23NO4. The van der Waals surface area contributed by atoms with Gasteiger partial charge in [0.25, 0.3) is 0 Å². The van der Waals surface area contributed by atoms with E-state index in [1.165, 1.54) is 0 Å². The van der Waals surface area contributed by atoms with Gasteiger partial charge in [-0.1, -0.05) is 13.8 Å². The van der Waals surface area contributed by atoms with Gasteiger partial charge in [-0.25, -0.2) is 4.79 Å². The molecule has 0 aliphatic heterocycles. The third-order valence-electron chi connectivity index (χ3n) is 2.89. The number of hydrogen-bond acceptors (Lipinski definition) is 3. The van der Waals surface area contributed by atoms with Crippen molar-refractivity contribution in [3.63, 3.8) is 0 Å². The molecule has 0 aromatic carbocycles. The number of carbonyl (C=O) groups excluding carboxylic acids is 1. The smallest absolute Gasteiger partial charge is 0.329 e. The number of carbonyl (C=O) groups is 2. The Morgan fingerprint density at radius 1 is 1.24 bits per heavy atom. The Labute approximate surface area is 103 Å². The first-order valence-electron chi connectivity index (χ1n) is 6.14. The molecule has 0 aromatic heterocycles. The fraction of sp³-hybridized carbons (Fsp3) is 0.833. The molecule has 0 rings (SSSR count). The molecule has 5 nitrogen and oxygen atoms in total. The lowest BCUT2D eigenvalue weighted by atomic mass is 9.92. The highest BCUT2D eigenvalue weighted by molar-refractivity contribution is 5.86. The Bertz CT molecular complexity index is 249. The second-order valence-corrected chi connectivity index (χ2v) is 3.94. The van der Waals surface area contributed by atoms with Crippen LogP contribution >= 0.6 is 0 Å². The summed E-state index contributed by atoms with van der Waals surface area (Å²) in [6.07, 6.45) is 1.68. The van der Waals surface area contributed by atoms with Gasteiger partial charge in [0.15, 0.2) is 0 Å². The van der Waals surface area contributed by atoms with E-state index in [-0.39, 0.29) is 5.91 Å². The van der Waals surface area contributed by atoms with E-state index in [0.29, 0.717) is 38.9 Å². The van der Waals surface area contributed by atoms with Crippen LogP contribution in [0.3, 0.4) is 0 Å². The summed E-state index contributed by atoms with van der Waals surface area (Å²) in [5.41, 5.74) is -1.12. The SMILES string of the molecule is CCOCCCC(=O)NC(CC)(CC)C(=O)O. The molecule has 100 valence electrons. The first kappa shape index (κ1) is 15.9. The van der Waals surface area contributed by atoms with Crippen molar-refractivity contribution >= 4 is 11.9 Å². The zero-order valence-corrected chi connectivity index (χ0v) is 10.9. The number of nitrogens with one attached hydrogen (secondary N) is 1. The van der Waals surface area contributed by atoms with Crippen molar-refractivity contribution in [3.05, 3.63) is 0 Å². The molecule has 0 saturated heterocycles. The van der Waals surface area contributed by atoms with E-state index in [0.717, 1.165) is 0 Å². The van der Waals surface area contributed by atoms with Crippen molar-refractivity contribution in [2.75, 3.05) is 13.2 Å². The second-order valence-electron chi connectivity index (χ2n) is 3.94. The summed E-state index contributed by atoms with van der Waals surface area (Å²) in [4.78, 5) is 22.8. The molecular weight excluding hydrogens is 222 g/mol. The third kappa shape index (κ3) is 5.17. The second kappa shape index (κ2) is 8.06. The number of amides is 1. The quantitative estimate of drug-likeness (QED) is 0.604. The molecule has 0 radical (unpaired) electrons. The van der Waals surface area contributed by atoms with Gasteiger partial charge in [0.05, 0.1) is 0 Å². The Morgan fingerprint density at radius 3 is 2.24 bits per heavy atom. The summed E-state index contributed by atoms with van der Waals surface area (Å²) in [6, 6.07) is 0. The fourth-order valence-electron chi connectivity index (χ4n) is 1.59. The Balaban J connectivity index is 4.18. The zero-order valence-electron chi connectivity index (χ0n) is 10.9. The Hall–Kier alpha value is -1.10. The molecule has 0 unspecified atom stereocenters. The first-order valence-corrected chi connectivity index (χ1v) is 6.14. The minimum absolute atomic E-state index is 0.226. The first-order chi connectivity index (χ1) is 8.02. The van der Waals surface area contributed by atoms with Crippen LogP contribution in [0.1, 0.15) is 46.5 Å². The minimum Gasteiger partial charge on any atom is -0.480 e. The van der Waals surface area contributed by atoms with Gasteiger partial charge in [-0.15, -0.1) is 0 Å². The van der Waals surface area contributed by atoms with Crippen LogP contribution in [0, 0.1) is 0 Å². The highest BCUT2D eigenvalue weighted by Gasteiger charge is 2.35. The van der Waals surface area contributed by atoms with E-state index in [9.17, 15) is 9.59 Å². The molecule has 2 N–H and O–H groups in total. The maximum Gasteiger partial charge on any atom is 0.329 e. The Morgan fingerprint density at radius 2 is 1.82 bits per heavy atom. The molecule has 0 atom stereocenters. The van der Waals surface area contributed by atoms with Gasteiger partial charge in [-0.2, -0.15) is 0 Å². The van der Waals surface area contributed by atoms with Gasteiger partial charge < -0.3 is 15.2 Å². The largest absolute Gasteiger partial charge is 0.480 e. The number of carboxylic acids is 1. The lowest BCUT2D eigenvalue weighted by Crippen LogP contribution is -2.53. The van der Waals surface area contributed by atoms with E-state index >= 15 is 0 Å². The zero-order chi connectivity index (χ0) is 13.3. The van der Waals surface area contributed by atoms with Crippen LogP contribution in [0.4, 0.5) is 0 Å². The van der Waals surface area contributed by atoms with Crippen LogP contribution < -0.4 is 5.32 Å². The monoisotopic (exact) mass is 245 g/mol. The van der Waals surface area contributed by atoms with Gasteiger partial charge in [-0.05, 0) is 26.2 Å². The maximum atomic E-state index is 11.6. The average molecular weight is 245 g/mol. The molecule has 0 aromatic rings. The molecule has 0 fully saturated rings. The van der Waals surface area contributed by atoms with Crippen LogP contribution in [-0.4, -0.2) is 35.7 Å². The predicted octanol–water partition coefficient (Wildman–Crippen LogP) is 1.56. The molecule has 0 aliphatic rings. The van der Waals surface area contributed by atoms with E-state index < -0.39 is 11.5 Å². The molecule has 17 heavy (non-hydrogen) atoms. The van der Waals surface area contributed by atoms with Crippen LogP contribution in [0.25, 0.3) is 0 Å². The molecule has 1 amide bonds. The van der Waals surface area contributed by atoms with Crippen LogP contribution in [-0.2, 0) is 14.3 Å². The van der Waals surface area contributed by atoms with Crippen molar-refractivity contribution in [2.45, 2.75) is 52.0 Å². The summed E-state index contributed by atoms with van der Waals surface area (Å²) >= 11 is 0. The average Bonchev–Trinajstić information content (AvgIpc) is 2.31. The number of rotatable bonds is 9. The van der Waals surface area contributed by atoms with E-state index in [2.05, 4.69) is 5.32 Å². The summed E-state index contributed by atoms with van der Waals surface area (Å²) in [5.74, 6) is -1.20. The van der Waals surface area contributed by atoms with Crippen LogP contribution in [0.5, 0.6) is 0 Å². The minimum atomic E-state index is -1.12. The topological polar surface area (TPSA) is 75.6 Å². The van der Waals surface area contributed by atoms with E-state index in [1.54, 1.807) is 13.8 Å². The standard InChI is InChI=1S/C12H23NO4/c1-4-12(5-2,11(15)16)13-10(14)8-7-9-17-6-3/h4-9H2,1-3H3,(H,13,14)(H,15,16). The predicted molar refractivity (Wildman–Crippen MR) is 64.8 cm³/mol. The highest BCUT2D eigenvalue weighted by Crippen LogP contribution is 2.15. The maximum absolute atomic E-state index is 11.6. The van der Waals surface area contributed by atoms with Crippen molar-refractivity contribution in [1.82, 2.24) is 5.32 Å². The third-order valence-corrected chi connectivity index (χ3v) is 2.89. The molecule has 0 saturated carbocycles. The van der Waals surface area contributed by atoms with Crippen molar-refractivity contribution in [2.24, 2.45) is 0 Å². The lowest BCUT2D eigenvalue weighted by molar-refractivity contribution is -0.148. The summed E-state index contributed by atoms with van der Waals surface area (Å²) in [5, 5.41) is 11.8. The van der Waals surface area contributed by atoms with E-state index in [4.69, 9.17) is 9.84 Å². The van der Waals surface area contributed by atoms with Gasteiger partial charge >= 0.3 is 5.97 Å². The van der Waals surface area contributed by atoms with Gasteiger partial charge in [0.2, 0.25) is 5.91 Å². The molecule has 5 heteroatoms. The summed E-state index contributed by atoms with van der Waals surface area (Å²) in [7, 11) is 0. The van der Waals surface area contributed by atoms with E-state index in [1.807, 2.05) is 6.92 Å². The van der Waals surface area contributed by atoms with Crippen molar-refractivity contribution < 1.29 is 19.4 Å². The van der Waals surface area contributed by atoms with Crippen molar-refractivity contribution in [3.8, 4) is 0 Å². The highest BCUT2D eigenvalue weighted by atomic mass is 16.5. The number of aliphatic carboxylic acids is 1. The molecule has 0 aliphatic carbocycles. The molecule has 0 bridgehead atoms.